The second kappa shape index (κ2) is 5.72. The first-order valence-corrected chi connectivity index (χ1v) is 5.79. The molecule has 1 aliphatic rings. The molecule has 1 atom stereocenters. The Morgan fingerprint density at radius 2 is 2.30 bits per heavy atom. The topological polar surface area (TPSA) is 134 Å². The van der Waals surface area contributed by atoms with Crippen LogP contribution in [0, 0.1) is 10.1 Å². The van der Waals surface area contributed by atoms with Crippen LogP contribution in [0.15, 0.2) is 12.1 Å². The van der Waals surface area contributed by atoms with Crippen molar-refractivity contribution in [1.29, 1.82) is 0 Å². The monoisotopic (exact) mass is 283 g/mol. The minimum absolute atomic E-state index is 0.0646. The number of aliphatic hydroxyl groups is 2. The normalized spacial score (nSPS) is 14.8. The molecule has 2 rings (SSSR count). The number of nitro benzene ring substituents is 1. The zero-order valence-corrected chi connectivity index (χ0v) is 10.3. The van der Waals surface area contributed by atoms with Gasteiger partial charge in [-0.3, -0.25) is 14.9 Å². The molecule has 1 aromatic carbocycles. The third kappa shape index (κ3) is 2.95. The second-order valence-electron chi connectivity index (χ2n) is 4.18. The van der Waals surface area contributed by atoms with Crippen LogP contribution in [0.2, 0.25) is 0 Å². The van der Waals surface area contributed by atoms with Crippen molar-refractivity contribution in [1.82, 2.24) is 0 Å². The van der Waals surface area contributed by atoms with E-state index in [4.69, 9.17) is 9.84 Å². The molecule has 0 aromatic heterocycles. The molecule has 9 heteroatoms. The van der Waals surface area contributed by atoms with Crippen LogP contribution < -0.4 is 15.4 Å². The predicted octanol–water partition coefficient (Wildman–Crippen LogP) is -0.309. The highest BCUT2D eigenvalue weighted by Crippen LogP contribution is 2.37. The Morgan fingerprint density at radius 1 is 1.55 bits per heavy atom. The van der Waals surface area contributed by atoms with Gasteiger partial charge in [0.2, 0.25) is 0 Å². The zero-order valence-electron chi connectivity index (χ0n) is 10.3. The Balaban J connectivity index is 2.30. The molecule has 1 aliphatic heterocycles. The summed E-state index contributed by atoms with van der Waals surface area (Å²) in [7, 11) is 0. The largest absolute Gasteiger partial charge is 0.481 e. The number of carbonyl (C=O) groups excluding carboxylic acids is 1. The van der Waals surface area contributed by atoms with E-state index in [0.29, 0.717) is 5.69 Å². The third-order valence-corrected chi connectivity index (χ3v) is 2.67. The van der Waals surface area contributed by atoms with E-state index < -0.39 is 17.6 Å². The SMILES string of the molecule is O=C1COc2cc([N+](=O)[O-])c(NCC(O)CO)cc2N1. The van der Waals surface area contributed by atoms with E-state index in [0.717, 1.165) is 0 Å². The van der Waals surface area contributed by atoms with Crippen LogP contribution in [0.3, 0.4) is 0 Å². The lowest BCUT2D eigenvalue weighted by Gasteiger charge is -2.19. The summed E-state index contributed by atoms with van der Waals surface area (Å²) < 4.78 is 5.09. The van der Waals surface area contributed by atoms with Crippen molar-refractivity contribution >= 4 is 23.0 Å². The minimum Gasteiger partial charge on any atom is -0.481 e. The van der Waals surface area contributed by atoms with E-state index in [2.05, 4.69) is 10.6 Å². The van der Waals surface area contributed by atoms with Crippen molar-refractivity contribution in [2.45, 2.75) is 6.10 Å². The number of hydrogen-bond acceptors (Lipinski definition) is 7. The maximum Gasteiger partial charge on any atom is 0.296 e. The predicted molar refractivity (Wildman–Crippen MR) is 68.8 cm³/mol. The summed E-state index contributed by atoms with van der Waals surface area (Å²) in [6, 6.07) is 2.55. The highest BCUT2D eigenvalue weighted by Gasteiger charge is 2.23. The molecule has 1 unspecified atom stereocenters. The number of rotatable bonds is 5. The van der Waals surface area contributed by atoms with Crippen molar-refractivity contribution in [2.24, 2.45) is 0 Å². The van der Waals surface area contributed by atoms with Gasteiger partial charge in [0.15, 0.2) is 12.4 Å². The van der Waals surface area contributed by atoms with Gasteiger partial charge >= 0.3 is 0 Å². The molecule has 0 radical (unpaired) electrons. The molecule has 1 amide bonds. The Morgan fingerprint density at radius 3 is 2.95 bits per heavy atom. The summed E-state index contributed by atoms with van der Waals surface area (Å²) in [6.07, 6.45) is -1.04. The number of benzene rings is 1. The standard InChI is InChI=1S/C11H13N3O6/c15-4-6(16)3-12-7-1-8-10(2-9(7)14(18)19)20-5-11(17)13-8/h1-2,6,12,15-16H,3-5H2,(H,13,17). The maximum atomic E-state index is 11.2. The number of nitrogens with zero attached hydrogens (tertiary/aromatic N) is 1. The molecule has 108 valence electrons. The van der Waals surface area contributed by atoms with E-state index >= 15 is 0 Å². The van der Waals surface area contributed by atoms with E-state index in [1.54, 1.807) is 0 Å². The minimum atomic E-state index is -1.04. The van der Waals surface area contributed by atoms with E-state index in [1.807, 2.05) is 0 Å². The van der Waals surface area contributed by atoms with Gasteiger partial charge in [0.25, 0.3) is 11.6 Å². The van der Waals surface area contributed by atoms with Crippen molar-refractivity contribution in [3.05, 3.63) is 22.2 Å². The van der Waals surface area contributed by atoms with Crippen LogP contribution in [0.5, 0.6) is 5.75 Å². The van der Waals surface area contributed by atoms with E-state index in [1.165, 1.54) is 12.1 Å². The number of amides is 1. The number of carbonyl (C=O) groups is 1. The molecule has 9 nitrogen and oxygen atoms in total. The third-order valence-electron chi connectivity index (χ3n) is 2.67. The quantitative estimate of drug-likeness (QED) is 0.430. The fraction of sp³-hybridized carbons (Fsp3) is 0.364. The summed E-state index contributed by atoms with van der Waals surface area (Å²) >= 11 is 0. The highest BCUT2D eigenvalue weighted by molar-refractivity contribution is 5.96. The van der Waals surface area contributed by atoms with Crippen molar-refractivity contribution < 1.29 is 24.7 Å². The average molecular weight is 283 g/mol. The number of nitro groups is 1. The van der Waals surface area contributed by atoms with E-state index in [-0.39, 0.29) is 36.2 Å². The second-order valence-corrected chi connectivity index (χ2v) is 4.18. The van der Waals surface area contributed by atoms with Gasteiger partial charge in [0.05, 0.1) is 29.4 Å². The Bertz CT molecular complexity index is 547. The molecular formula is C11H13N3O6. The summed E-state index contributed by atoms with van der Waals surface area (Å²) in [6.45, 7) is -0.726. The first kappa shape index (κ1) is 14.0. The molecule has 1 heterocycles. The molecule has 0 saturated carbocycles. The van der Waals surface area contributed by atoms with Gasteiger partial charge in [-0.1, -0.05) is 0 Å². The molecule has 1 aromatic rings. The van der Waals surface area contributed by atoms with Gasteiger partial charge in [0, 0.05) is 6.54 Å². The molecular weight excluding hydrogens is 270 g/mol. The van der Waals surface area contributed by atoms with Crippen LogP contribution in [0.25, 0.3) is 0 Å². The highest BCUT2D eigenvalue weighted by atomic mass is 16.6. The number of hydrogen-bond donors (Lipinski definition) is 4. The zero-order chi connectivity index (χ0) is 14.7. The number of ether oxygens (including phenoxy) is 1. The van der Waals surface area contributed by atoms with Crippen LogP contribution in [0.1, 0.15) is 0 Å². The molecule has 0 spiro atoms. The fourth-order valence-electron chi connectivity index (χ4n) is 1.70. The smallest absolute Gasteiger partial charge is 0.296 e. The Labute approximate surface area is 113 Å². The van der Waals surface area contributed by atoms with Crippen LogP contribution in [-0.2, 0) is 4.79 Å². The average Bonchev–Trinajstić information content (AvgIpc) is 2.43. The number of nitrogens with one attached hydrogen (secondary N) is 2. The summed E-state index contributed by atoms with van der Waals surface area (Å²) in [5.74, 6) is -0.141. The lowest BCUT2D eigenvalue weighted by atomic mass is 10.2. The van der Waals surface area contributed by atoms with Gasteiger partial charge in [-0.2, -0.15) is 0 Å². The number of fused-ring (bicyclic) bond motifs is 1. The molecule has 4 N–H and O–H groups in total. The van der Waals surface area contributed by atoms with Crippen molar-refractivity contribution in [2.75, 3.05) is 30.4 Å². The number of anilines is 2. The fourth-order valence-corrected chi connectivity index (χ4v) is 1.70. The summed E-state index contributed by atoms with van der Waals surface area (Å²) in [5, 5.41) is 34.1. The Hall–Kier alpha value is -2.39. The summed E-state index contributed by atoms with van der Waals surface area (Å²) in [5.41, 5.74) is 0.185. The maximum absolute atomic E-state index is 11.2. The first-order valence-electron chi connectivity index (χ1n) is 5.79. The van der Waals surface area contributed by atoms with Gasteiger partial charge in [-0.05, 0) is 6.07 Å². The molecule has 0 aliphatic carbocycles. The van der Waals surface area contributed by atoms with Crippen molar-refractivity contribution in [3.63, 3.8) is 0 Å². The Kier molecular flexibility index (Phi) is 4.01. The lowest BCUT2D eigenvalue weighted by Crippen LogP contribution is -2.26. The number of aliphatic hydroxyl groups excluding tert-OH is 2. The first-order chi connectivity index (χ1) is 9.51. The van der Waals surface area contributed by atoms with Gasteiger partial charge < -0.3 is 25.6 Å². The molecule has 0 bridgehead atoms. The molecule has 20 heavy (non-hydrogen) atoms. The lowest BCUT2D eigenvalue weighted by molar-refractivity contribution is -0.384. The van der Waals surface area contributed by atoms with E-state index in [9.17, 15) is 20.0 Å². The van der Waals surface area contributed by atoms with Gasteiger partial charge in [-0.15, -0.1) is 0 Å². The molecule has 0 saturated heterocycles. The van der Waals surface area contributed by atoms with Crippen molar-refractivity contribution in [3.8, 4) is 5.75 Å². The molecule has 0 fully saturated rings. The summed E-state index contributed by atoms with van der Waals surface area (Å²) in [4.78, 5) is 21.6. The van der Waals surface area contributed by atoms with Crippen LogP contribution in [0.4, 0.5) is 17.1 Å². The van der Waals surface area contributed by atoms with Crippen LogP contribution >= 0.6 is 0 Å². The van der Waals surface area contributed by atoms with Crippen LogP contribution in [-0.4, -0.2) is 46.9 Å². The van der Waals surface area contributed by atoms with Gasteiger partial charge in [-0.25, -0.2) is 0 Å². The van der Waals surface area contributed by atoms with Gasteiger partial charge in [0.1, 0.15) is 5.69 Å².